The average Bonchev–Trinajstić information content (AvgIpc) is 2.21. The van der Waals surface area contributed by atoms with E-state index in [4.69, 9.17) is 9.47 Å². The fourth-order valence-electron chi connectivity index (χ4n) is 3.24. The second-order valence-electron chi connectivity index (χ2n) is 5.18. The number of ether oxygens (including phenoxy) is 2. The third-order valence-electron chi connectivity index (χ3n) is 4.39. The molecule has 16 heavy (non-hydrogen) atoms. The first-order chi connectivity index (χ1) is 7.66. The van der Waals surface area contributed by atoms with Gasteiger partial charge in [-0.3, -0.25) is 0 Å². The topological polar surface area (TPSA) is 38.7 Å². The standard InChI is InChI=1S/C13H14O3/c1-8-2-3-9-10(6-8)16-11-4-5-13(11)12(9,14)7-15-13/h2-3,6,11,14H,4-5,7H2,1H3. The Morgan fingerprint density at radius 3 is 2.94 bits per heavy atom. The highest BCUT2D eigenvalue weighted by atomic mass is 16.6. The van der Waals surface area contributed by atoms with Gasteiger partial charge in [0.2, 0.25) is 0 Å². The van der Waals surface area contributed by atoms with Crippen molar-refractivity contribution in [3.8, 4) is 5.75 Å². The van der Waals surface area contributed by atoms with E-state index in [9.17, 15) is 5.11 Å². The van der Waals surface area contributed by atoms with E-state index in [1.165, 1.54) is 0 Å². The smallest absolute Gasteiger partial charge is 0.149 e. The summed E-state index contributed by atoms with van der Waals surface area (Å²) in [5, 5.41) is 10.7. The zero-order chi connectivity index (χ0) is 11.0. The van der Waals surface area contributed by atoms with Crippen LogP contribution in [0.2, 0.25) is 0 Å². The van der Waals surface area contributed by atoms with Crippen LogP contribution in [0.3, 0.4) is 0 Å². The minimum atomic E-state index is -0.808. The summed E-state index contributed by atoms with van der Waals surface area (Å²) >= 11 is 0. The van der Waals surface area contributed by atoms with Gasteiger partial charge < -0.3 is 14.6 Å². The SMILES string of the molecule is Cc1ccc2c(c1)OC1CCC13OCC23O. The molecule has 2 heterocycles. The third kappa shape index (κ3) is 0.740. The molecule has 1 aromatic carbocycles. The first-order valence-electron chi connectivity index (χ1n) is 5.80. The van der Waals surface area contributed by atoms with Gasteiger partial charge in [0.05, 0.1) is 6.61 Å². The van der Waals surface area contributed by atoms with Gasteiger partial charge in [-0.25, -0.2) is 0 Å². The lowest BCUT2D eigenvalue weighted by Crippen LogP contribution is -2.79. The zero-order valence-corrected chi connectivity index (χ0v) is 9.19. The van der Waals surface area contributed by atoms with Crippen LogP contribution >= 0.6 is 0 Å². The quantitative estimate of drug-likeness (QED) is 0.717. The summed E-state index contributed by atoms with van der Waals surface area (Å²) in [6.07, 6.45) is 1.93. The number of benzene rings is 1. The summed E-state index contributed by atoms with van der Waals surface area (Å²) in [5.74, 6) is 0.839. The van der Waals surface area contributed by atoms with E-state index in [1.54, 1.807) is 0 Å². The summed E-state index contributed by atoms with van der Waals surface area (Å²) in [4.78, 5) is 0. The highest BCUT2D eigenvalue weighted by Crippen LogP contribution is 2.61. The Kier molecular flexibility index (Phi) is 1.37. The lowest BCUT2D eigenvalue weighted by molar-refractivity contribution is -0.380. The minimum Gasteiger partial charge on any atom is -0.487 e. The van der Waals surface area contributed by atoms with Crippen LogP contribution in [0.4, 0.5) is 0 Å². The van der Waals surface area contributed by atoms with Crippen LogP contribution in [0.1, 0.15) is 24.0 Å². The highest BCUT2D eigenvalue weighted by Gasteiger charge is 2.73. The van der Waals surface area contributed by atoms with Gasteiger partial charge >= 0.3 is 0 Å². The number of aryl methyl sites for hydroxylation is 1. The van der Waals surface area contributed by atoms with Gasteiger partial charge in [0.1, 0.15) is 23.1 Å². The first-order valence-corrected chi connectivity index (χ1v) is 5.80. The molecule has 84 valence electrons. The molecule has 0 radical (unpaired) electrons. The summed E-state index contributed by atoms with van der Waals surface area (Å²) in [7, 11) is 0. The molecule has 0 bridgehead atoms. The normalized spacial score (nSPS) is 43.0. The first kappa shape index (κ1) is 9.02. The van der Waals surface area contributed by atoms with E-state index < -0.39 is 11.2 Å². The van der Waals surface area contributed by atoms with E-state index in [0.717, 1.165) is 29.7 Å². The fourth-order valence-corrected chi connectivity index (χ4v) is 3.24. The second kappa shape index (κ2) is 2.44. The van der Waals surface area contributed by atoms with Crippen molar-refractivity contribution in [2.75, 3.05) is 6.61 Å². The maximum Gasteiger partial charge on any atom is 0.149 e. The molecule has 3 heteroatoms. The molecule has 2 aliphatic heterocycles. The van der Waals surface area contributed by atoms with E-state index in [0.29, 0.717) is 6.61 Å². The van der Waals surface area contributed by atoms with Gasteiger partial charge in [0.15, 0.2) is 0 Å². The van der Waals surface area contributed by atoms with Crippen LogP contribution in [0, 0.1) is 6.92 Å². The van der Waals surface area contributed by atoms with Crippen LogP contribution in [-0.2, 0) is 10.3 Å². The van der Waals surface area contributed by atoms with Crippen molar-refractivity contribution >= 4 is 0 Å². The lowest BCUT2D eigenvalue weighted by atomic mass is 9.58. The van der Waals surface area contributed by atoms with E-state index in [1.807, 2.05) is 25.1 Å². The van der Waals surface area contributed by atoms with Gasteiger partial charge in [-0.05, 0) is 31.4 Å². The molecule has 0 amide bonds. The van der Waals surface area contributed by atoms with Crippen LogP contribution in [0.25, 0.3) is 0 Å². The van der Waals surface area contributed by atoms with Crippen molar-refractivity contribution in [1.29, 1.82) is 0 Å². The number of fused-ring (bicyclic) bond motifs is 2. The summed E-state index contributed by atoms with van der Waals surface area (Å²) in [6.45, 7) is 2.44. The van der Waals surface area contributed by atoms with Gasteiger partial charge in [0.25, 0.3) is 0 Å². The van der Waals surface area contributed by atoms with Crippen LogP contribution in [0.15, 0.2) is 18.2 Å². The molecule has 3 unspecified atom stereocenters. The van der Waals surface area contributed by atoms with Crippen molar-refractivity contribution in [2.24, 2.45) is 0 Å². The van der Waals surface area contributed by atoms with Crippen LogP contribution in [0.5, 0.6) is 5.75 Å². The predicted octanol–water partition coefficient (Wildman–Crippen LogP) is 1.51. The van der Waals surface area contributed by atoms with Crippen molar-refractivity contribution in [3.05, 3.63) is 29.3 Å². The molecule has 1 N–H and O–H groups in total. The number of hydrogen-bond donors (Lipinski definition) is 1. The molecular weight excluding hydrogens is 204 g/mol. The van der Waals surface area contributed by atoms with E-state index >= 15 is 0 Å². The molecule has 1 saturated carbocycles. The molecule has 0 aromatic heterocycles. The maximum absolute atomic E-state index is 10.7. The molecule has 1 aliphatic carbocycles. The van der Waals surface area contributed by atoms with Crippen molar-refractivity contribution in [1.82, 2.24) is 0 Å². The Hall–Kier alpha value is -1.06. The predicted molar refractivity (Wildman–Crippen MR) is 57.4 cm³/mol. The van der Waals surface area contributed by atoms with Crippen LogP contribution < -0.4 is 4.74 Å². The van der Waals surface area contributed by atoms with E-state index in [-0.39, 0.29) is 6.10 Å². The summed E-state index contributed by atoms with van der Waals surface area (Å²) < 4.78 is 11.6. The Morgan fingerprint density at radius 1 is 1.44 bits per heavy atom. The van der Waals surface area contributed by atoms with Gasteiger partial charge in [-0.1, -0.05) is 12.1 Å². The largest absolute Gasteiger partial charge is 0.487 e. The molecule has 3 aliphatic rings. The number of hydrogen-bond acceptors (Lipinski definition) is 3. The Morgan fingerprint density at radius 2 is 2.31 bits per heavy atom. The van der Waals surface area contributed by atoms with Gasteiger partial charge in [-0.15, -0.1) is 0 Å². The molecule has 4 rings (SSSR count). The van der Waals surface area contributed by atoms with Crippen molar-refractivity contribution < 1.29 is 14.6 Å². The maximum atomic E-state index is 10.7. The third-order valence-corrected chi connectivity index (χ3v) is 4.39. The molecule has 1 spiro atoms. The second-order valence-corrected chi connectivity index (χ2v) is 5.18. The molecular formula is C13H14O3. The van der Waals surface area contributed by atoms with Crippen molar-refractivity contribution in [3.63, 3.8) is 0 Å². The van der Waals surface area contributed by atoms with Gasteiger partial charge in [-0.2, -0.15) is 0 Å². The molecule has 3 nitrogen and oxygen atoms in total. The fraction of sp³-hybridized carbons (Fsp3) is 0.538. The Labute approximate surface area is 94.0 Å². The summed E-state index contributed by atoms with van der Waals surface area (Å²) in [5.41, 5.74) is 0.821. The lowest BCUT2D eigenvalue weighted by Gasteiger charge is -2.66. The monoisotopic (exact) mass is 218 g/mol. The Balaban J connectivity index is 1.93. The minimum absolute atomic E-state index is 0.0422. The molecule has 2 fully saturated rings. The Bertz CT molecular complexity index is 480. The van der Waals surface area contributed by atoms with E-state index in [2.05, 4.69) is 0 Å². The van der Waals surface area contributed by atoms with Crippen molar-refractivity contribution in [2.45, 2.75) is 37.1 Å². The number of aliphatic hydroxyl groups is 1. The molecule has 3 atom stereocenters. The highest BCUT2D eigenvalue weighted by molar-refractivity contribution is 5.48. The van der Waals surface area contributed by atoms with Gasteiger partial charge in [0, 0.05) is 5.56 Å². The molecule has 1 saturated heterocycles. The average molecular weight is 218 g/mol. The number of rotatable bonds is 0. The summed E-state index contributed by atoms with van der Waals surface area (Å²) in [6, 6.07) is 6.00. The zero-order valence-electron chi connectivity index (χ0n) is 9.19. The van der Waals surface area contributed by atoms with Crippen LogP contribution in [-0.4, -0.2) is 23.4 Å². The molecule has 1 aromatic rings.